The third kappa shape index (κ3) is 3.72. The van der Waals surface area contributed by atoms with E-state index in [1.54, 1.807) is 55.5 Å². The number of nitrogens with one attached hydrogen (secondary N) is 1. The minimum absolute atomic E-state index is 0.0108. The first-order valence-corrected chi connectivity index (χ1v) is 8.13. The van der Waals surface area contributed by atoms with Crippen molar-refractivity contribution >= 4 is 5.97 Å². The summed E-state index contributed by atoms with van der Waals surface area (Å²) in [4.78, 5) is 26.9. The number of carbonyl (C=O) groups excluding carboxylic acids is 1. The second-order valence-corrected chi connectivity index (χ2v) is 5.80. The lowest BCUT2D eigenvalue weighted by Crippen LogP contribution is -2.13. The van der Waals surface area contributed by atoms with Crippen LogP contribution < -0.4 is 15.0 Å². The highest BCUT2D eigenvalue weighted by atomic mass is 16.6. The number of pyridine rings is 1. The van der Waals surface area contributed by atoms with Gasteiger partial charge in [-0.25, -0.2) is 4.79 Å². The number of methoxy groups -OCH3 is 1. The number of H-pyrrole nitrogens is 1. The van der Waals surface area contributed by atoms with Gasteiger partial charge in [0.2, 0.25) is 0 Å². The standard InChI is InChI=1S/C21H16N2O4/c1-13-10-16(17(12-22)20(24)23-13)15-8-9-18(19(11-15)26-2)27-21(25)14-6-4-3-5-7-14/h3-11H,1-2H3,(H,23,24). The summed E-state index contributed by atoms with van der Waals surface area (Å²) in [5.41, 5.74) is 1.70. The predicted octanol–water partition coefficient (Wildman–Crippen LogP) is 3.45. The van der Waals surface area contributed by atoms with Gasteiger partial charge in [0.25, 0.3) is 5.56 Å². The van der Waals surface area contributed by atoms with E-state index in [4.69, 9.17) is 9.47 Å². The van der Waals surface area contributed by atoms with Crippen LogP contribution in [-0.4, -0.2) is 18.1 Å². The fourth-order valence-electron chi connectivity index (χ4n) is 2.68. The van der Waals surface area contributed by atoms with Crippen molar-refractivity contribution < 1.29 is 14.3 Å². The van der Waals surface area contributed by atoms with Crippen LogP contribution in [0.3, 0.4) is 0 Å². The van der Waals surface area contributed by atoms with Gasteiger partial charge in [-0.1, -0.05) is 24.3 Å². The fraction of sp³-hybridized carbons (Fsp3) is 0.0952. The molecule has 6 heteroatoms. The largest absolute Gasteiger partial charge is 0.493 e. The zero-order chi connectivity index (χ0) is 19.4. The zero-order valence-corrected chi connectivity index (χ0v) is 14.8. The minimum atomic E-state index is -0.508. The number of aryl methyl sites for hydroxylation is 1. The smallest absolute Gasteiger partial charge is 0.343 e. The number of hydrogen-bond acceptors (Lipinski definition) is 5. The maximum atomic E-state index is 12.3. The summed E-state index contributed by atoms with van der Waals surface area (Å²) in [6.45, 7) is 1.74. The second kappa shape index (κ2) is 7.58. The van der Waals surface area contributed by atoms with E-state index in [1.807, 2.05) is 12.1 Å². The Bertz CT molecular complexity index is 1100. The molecule has 3 rings (SSSR count). The molecular formula is C21H16N2O4. The Morgan fingerprint density at radius 3 is 2.48 bits per heavy atom. The number of aromatic amines is 1. The van der Waals surface area contributed by atoms with E-state index in [-0.39, 0.29) is 11.3 Å². The molecule has 134 valence electrons. The highest BCUT2D eigenvalue weighted by Gasteiger charge is 2.16. The molecule has 0 aliphatic rings. The van der Waals surface area contributed by atoms with Gasteiger partial charge in [0.05, 0.1) is 12.7 Å². The molecule has 0 amide bonds. The van der Waals surface area contributed by atoms with Crippen LogP contribution in [0.5, 0.6) is 11.5 Å². The van der Waals surface area contributed by atoms with Crippen molar-refractivity contribution in [2.45, 2.75) is 6.92 Å². The molecular weight excluding hydrogens is 344 g/mol. The van der Waals surface area contributed by atoms with E-state index in [0.717, 1.165) is 0 Å². The predicted molar refractivity (Wildman–Crippen MR) is 99.9 cm³/mol. The third-order valence-corrected chi connectivity index (χ3v) is 3.97. The van der Waals surface area contributed by atoms with Gasteiger partial charge in [0, 0.05) is 11.3 Å². The molecule has 2 aromatic carbocycles. The quantitative estimate of drug-likeness (QED) is 0.568. The van der Waals surface area contributed by atoms with Crippen LogP contribution in [0.25, 0.3) is 11.1 Å². The molecule has 0 atom stereocenters. The lowest BCUT2D eigenvalue weighted by atomic mass is 10.0. The summed E-state index contributed by atoms with van der Waals surface area (Å²) < 4.78 is 10.8. The highest BCUT2D eigenvalue weighted by molar-refractivity contribution is 5.91. The maximum absolute atomic E-state index is 12.3. The van der Waals surface area contributed by atoms with E-state index >= 15 is 0 Å². The van der Waals surface area contributed by atoms with E-state index in [1.165, 1.54) is 7.11 Å². The van der Waals surface area contributed by atoms with E-state index in [9.17, 15) is 14.9 Å². The number of benzene rings is 2. The molecule has 0 aliphatic carbocycles. The summed E-state index contributed by atoms with van der Waals surface area (Å²) in [7, 11) is 1.45. The van der Waals surface area contributed by atoms with E-state index in [2.05, 4.69) is 4.98 Å². The van der Waals surface area contributed by atoms with E-state index in [0.29, 0.717) is 28.1 Å². The molecule has 0 aliphatic heterocycles. The Labute approximate surface area is 155 Å². The number of esters is 1. The van der Waals surface area contributed by atoms with Crippen molar-refractivity contribution in [3.05, 3.63) is 81.8 Å². The molecule has 3 aromatic rings. The zero-order valence-electron chi connectivity index (χ0n) is 14.8. The first kappa shape index (κ1) is 18.0. The summed E-state index contributed by atoms with van der Waals surface area (Å²) in [6.07, 6.45) is 0. The minimum Gasteiger partial charge on any atom is -0.493 e. The monoisotopic (exact) mass is 360 g/mol. The third-order valence-electron chi connectivity index (χ3n) is 3.97. The van der Waals surface area contributed by atoms with E-state index < -0.39 is 11.5 Å². The average Bonchev–Trinajstić information content (AvgIpc) is 2.68. The van der Waals surface area contributed by atoms with Gasteiger partial charge in [-0.05, 0) is 42.8 Å². The first-order chi connectivity index (χ1) is 13.0. The van der Waals surface area contributed by atoms with Crippen LogP contribution in [0, 0.1) is 18.3 Å². The summed E-state index contributed by atoms with van der Waals surface area (Å²) in [6, 6.07) is 17.1. The van der Waals surface area contributed by atoms with Gasteiger partial charge in [-0.3, -0.25) is 4.79 Å². The maximum Gasteiger partial charge on any atom is 0.343 e. The number of nitriles is 1. The van der Waals surface area contributed by atoms with Gasteiger partial charge in [-0.15, -0.1) is 0 Å². The number of aromatic nitrogens is 1. The molecule has 0 saturated carbocycles. The molecule has 0 spiro atoms. The van der Waals surface area contributed by atoms with Crippen molar-refractivity contribution in [3.8, 4) is 28.7 Å². The van der Waals surface area contributed by atoms with Crippen molar-refractivity contribution in [3.63, 3.8) is 0 Å². The number of rotatable bonds is 4. The Hall–Kier alpha value is -3.85. The van der Waals surface area contributed by atoms with Crippen molar-refractivity contribution in [2.24, 2.45) is 0 Å². The first-order valence-electron chi connectivity index (χ1n) is 8.13. The van der Waals surface area contributed by atoms with Gasteiger partial charge in [0.15, 0.2) is 11.5 Å². The molecule has 1 heterocycles. The van der Waals surface area contributed by atoms with Gasteiger partial charge < -0.3 is 14.5 Å². The Morgan fingerprint density at radius 1 is 1.07 bits per heavy atom. The highest BCUT2D eigenvalue weighted by Crippen LogP contribution is 2.33. The van der Waals surface area contributed by atoms with Crippen molar-refractivity contribution in [1.82, 2.24) is 4.98 Å². The normalized spacial score (nSPS) is 10.1. The number of carbonyl (C=O) groups is 1. The Kier molecular flexibility index (Phi) is 5.04. The van der Waals surface area contributed by atoms with Gasteiger partial charge in [-0.2, -0.15) is 5.26 Å². The molecule has 27 heavy (non-hydrogen) atoms. The molecule has 0 radical (unpaired) electrons. The molecule has 1 aromatic heterocycles. The van der Waals surface area contributed by atoms with Crippen LogP contribution in [0.15, 0.2) is 59.4 Å². The molecule has 0 bridgehead atoms. The van der Waals surface area contributed by atoms with Crippen LogP contribution in [-0.2, 0) is 0 Å². The SMILES string of the molecule is COc1cc(-c2cc(C)[nH]c(=O)c2C#N)ccc1OC(=O)c1ccccc1. The van der Waals surface area contributed by atoms with Crippen molar-refractivity contribution in [1.29, 1.82) is 5.26 Å². The lowest BCUT2D eigenvalue weighted by Gasteiger charge is -2.12. The molecule has 0 unspecified atom stereocenters. The second-order valence-electron chi connectivity index (χ2n) is 5.80. The molecule has 6 nitrogen and oxygen atoms in total. The number of nitrogens with zero attached hydrogens (tertiary/aromatic N) is 1. The van der Waals surface area contributed by atoms with Crippen molar-refractivity contribution in [2.75, 3.05) is 7.11 Å². The van der Waals surface area contributed by atoms with Crippen LogP contribution in [0.2, 0.25) is 0 Å². The molecule has 0 saturated heterocycles. The summed E-state index contributed by atoms with van der Waals surface area (Å²) in [5.74, 6) is 0.0557. The van der Waals surface area contributed by atoms with Gasteiger partial charge in [0.1, 0.15) is 11.6 Å². The Morgan fingerprint density at radius 2 is 1.81 bits per heavy atom. The number of ether oxygens (including phenoxy) is 2. The molecule has 0 fully saturated rings. The lowest BCUT2D eigenvalue weighted by molar-refractivity contribution is 0.0730. The summed E-state index contributed by atoms with van der Waals surface area (Å²) >= 11 is 0. The van der Waals surface area contributed by atoms with Crippen LogP contribution in [0.1, 0.15) is 21.6 Å². The Balaban J connectivity index is 2.00. The summed E-state index contributed by atoms with van der Waals surface area (Å²) in [5, 5.41) is 9.31. The molecule has 1 N–H and O–H groups in total. The fourth-order valence-corrected chi connectivity index (χ4v) is 2.68. The van der Waals surface area contributed by atoms with Crippen LogP contribution >= 0.6 is 0 Å². The average molecular weight is 360 g/mol. The topological polar surface area (TPSA) is 92.2 Å². The van der Waals surface area contributed by atoms with Crippen LogP contribution in [0.4, 0.5) is 0 Å². The number of hydrogen-bond donors (Lipinski definition) is 1. The van der Waals surface area contributed by atoms with Gasteiger partial charge >= 0.3 is 5.97 Å².